The predicted molar refractivity (Wildman–Crippen MR) is 92.0 cm³/mol. The molecule has 24 heavy (non-hydrogen) atoms. The van der Waals surface area contributed by atoms with Gasteiger partial charge in [0.15, 0.2) is 0 Å². The van der Waals surface area contributed by atoms with Crippen molar-refractivity contribution in [1.82, 2.24) is 19.9 Å². The summed E-state index contributed by atoms with van der Waals surface area (Å²) in [6.07, 6.45) is 5.97. The van der Waals surface area contributed by atoms with Gasteiger partial charge in [-0.05, 0) is 37.4 Å². The molecule has 2 aliphatic heterocycles. The van der Waals surface area contributed by atoms with Gasteiger partial charge >= 0.3 is 0 Å². The van der Waals surface area contributed by atoms with Crippen molar-refractivity contribution in [1.29, 1.82) is 0 Å². The van der Waals surface area contributed by atoms with E-state index in [0.717, 1.165) is 43.6 Å². The number of rotatable bonds is 4. The van der Waals surface area contributed by atoms with E-state index in [1.165, 1.54) is 12.8 Å². The standard InChI is InChI=1S/C18H23N5O/c1-24-18-10-17(20-13-21-18)23-9-6-14-5-8-22(16(14)12-23)11-15-4-2-3-7-19-15/h2-4,7,10,13-14,16H,5-6,8-9,11-12H2,1H3. The third kappa shape index (κ3) is 3.06. The lowest BCUT2D eigenvalue weighted by atomic mass is 9.92. The average Bonchev–Trinajstić information content (AvgIpc) is 3.05. The van der Waals surface area contributed by atoms with Gasteiger partial charge in [0.05, 0.1) is 12.8 Å². The fourth-order valence-electron chi connectivity index (χ4n) is 3.95. The largest absolute Gasteiger partial charge is 0.481 e. The summed E-state index contributed by atoms with van der Waals surface area (Å²) in [5, 5.41) is 0. The van der Waals surface area contributed by atoms with E-state index in [0.29, 0.717) is 11.9 Å². The zero-order chi connectivity index (χ0) is 16.4. The Hall–Kier alpha value is -2.21. The number of methoxy groups -OCH3 is 1. The molecule has 2 aromatic rings. The van der Waals surface area contributed by atoms with E-state index in [4.69, 9.17) is 4.74 Å². The van der Waals surface area contributed by atoms with Crippen LogP contribution in [-0.2, 0) is 6.54 Å². The molecule has 0 N–H and O–H groups in total. The lowest BCUT2D eigenvalue weighted by Crippen LogP contribution is -2.48. The summed E-state index contributed by atoms with van der Waals surface area (Å²) in [6, 6.07) is 8.65. The molecular weight excluding hydrogens is 302 g/mol. The first-order chi connectivity index (χ1) is 11.8. The molecule has 2 aromatic heterocycles. The highest BCUT2D eigenvalue weighted by Gasteiger charge is 2.38. The molecule has 2 unspecified atom stereocenters. The Morgan fingerprint density at radius 2 is 2.08 bits per heavy atom. The third-order valence-electron chi connectivity index (χ3n) is 5.23. The first-order valence-electron chi connectivity index (χ1n) is 8.58. The Morgan fingerprint density at radius 3 is 2.92 bits per heavy atom. The van der Waals surface area contributed by atoms with Crippen LogP contribution in [-0.4, -0.2) is 52.6 Å². The van der Waals surface area contributed by atoms with E-state index < -0.39 is 0 Å². The van der Waals surface area contributed by atoms with Gasteiger partial charge in [-0.25, -0.2) is 9.97 Å². The van der Waals surface area contributed by atoms with E-state index in [9.17, 15) is 0 Å². The van der Waals surface area contributed by atoms with Crippen molar-refractivity contribution in [3.05, 3.63) is 42.5 Å². The highest BCUT2D eigenvalue weighted by atomic mass is 16.5. The van der Waals surface area contributed by atoms with Crippen LogP contribution in [0.25, 0.3) is 0 Å². The molecule has 6 heteroatoms. The summed E-state index contributed by atoms with van der Waals surface area (Å²) < 4.78 is 5.24. The summed E-state index contributed by atoms with van der Waals surface area (Å²) in [7, 11) is 1.64. The number of piperidine rings is 1. The van der Waals surface area contributed by atoms with Gasteiger partial charge < -0.3 is 9.64 Å². The minimum atomic E-state index is 0.571. The molecule has 2 fully saturated rings. The Balaban J connectivity index is 1.48. The third-order valence-corrected chi connectivity index (χ3v) is 5.23. The van der Waals surface area contributed by atoms with Crippen LogP contribution < -0.4 is 9.64 Å². The summed E-state index contributed by atoms with van der Waals surface area (Å²) in [6.45, 7) is 4.16. The first kappa shape index (κ1) is 15.3. The van der Waals surface area contributed by atoms with Gasteiger partial charge in [0.2, 0.25) is 5.88 Å². The molecule has 0 saturated carbocycles. The van der Waals surface area contributed by atoms with Crippen LogP contribution in [0, 0.1) is 5.92 Å². The molecule has 0 spiro atoms. The summed E-state index contributed by atoms with van der Waals surface area (Å²) in [5.74, 6) is 2.37. The van der Waals surface area contributed by atoms with Crippen molar-refractivity contribution >= 4 is 5.82 Å². The Kier molecular flexibility index (Phi) is 4.30. The minimum absolute atomic E-state index is 0.571. The average molecular weight is 325 g/mol. The molecule has 2 aliphatic rings. The van der Waals surface area contributed by atoms with E-state index in [1.807, 2.05) is 18.3 Å². The summed E-state index contributed by atoms with van der Waals surface area (Å²) in [4.78, 5) is 18.0. The highest BCUT2D eigenvalue weighted by Crippen LogP contribution is 2.34. The monoisotopic (exact) mass is 325 g/mol. The minimum Gasteiger partial charge on any atom is -0.481 e. The zero-order valence-electron chi connectivity index (χ0n) is 14.0. The normalized spacial score (nSPS) is 24.0. The highest BCUT2D eigenvalue weighted by molar-refractivity contribution is 5.41. The van der Waals surface area contributed by atoms with Gasteiger partial charge in [-0.2, -0.15) is 0 Å². The van der Waals surface area contributed by atoms with Crippen molar-refractivity contribution in [2.24, 2.45) is 5.92 Å². The number of nitrogens with zero attached hydrogens (tertiary/aromatic N) is 5. The van der Waals surface area contributed by atoms with Gasteiger partial charge in [-0.15, -0.1) is 0 Å². The van der Waals surface area contributed by atoms with Crippen molar-refractivity contribution in [2.75, 3.05) is 31.6 Å². The maximum atomic E-state index is 5.24. The molecule has 2 saturated heterocycles. The lowest BCUT2D eigenvalue weighted by Gasteiger charge is -2.39. The van der Waals surface area contributed by atoms with Crippen LogP contribution in [0.15, 0.2) is 36.8 Å². The van der Waals surface area contributed by atoms with Crippen LogP contribution in [0.2, 0.25) is 0 Å². The SMILES string of the molecule is COc1cc(N2CCC3CCN(Cc4ccccn4)C3C2)ncn1. The van der Waals surface area contributed by atoms with Gasteiger partial charge in [0.25, 0.3) is 0 Å². The van der Waals surface area contributed by atoms with Crippen LogP contribution >= 0.6 is 0 Å². The number of likely N-dealkylation sites (tertiary alicyclic amines) is 1. The fourth-order valence-corrected chi connectivity index (χ4v) is 3.95. The van der Waals surface area contributed by atoms with Crippen molar-refractivity contribution in [2.45, 2.75) is 25.4 Å². The second-order valence-electron chi connectivity index (χ2n) is 6.56. The number of hydrogen-bond acceptors (Lipinski definition) is 6. The van der Waals surface area contributed by atoms with E-state index in [-0.39, 0.29) is 0 Å². The van der Waals surface area contributed by atoms with Crippen LogP contribution in [0.5, 0.6) is 5.88 Å². The number of hydrogen-bond donors (Lipinski definition) is 0. The van der Waals surface area contributed by atoms with E-state index in [1.54, 1.807) is 13.4 Å². The lowest BCUT2D eigenvalue weighted by molar-refractivity contribution is 0.198. The number of anilines is 1. The molecule has 6 nitrogen and oxygen atoms in total. The van der Waals surface area contributed by atoms with E-state index >= 15 is 0 Å². The summed E-state index contributed by atoms with van der Waals surface area (Å²) in [5.41, 5.74) is 1.15. The maximum Gasteiger partial charge on any atom is 0.218 e. The predicted octanol–water partition coefficient (Wildman–Crippen LogP) is 1.98. The van der Waals surface area contributed by atoms with Crippen molar-refractivity contribution in [3.63, 3.8) is 0 Å². The molecule has 0 aromatic carbocycles. The molecule has 4 heterocycles. The molecule has 0 amide bonds. The number of ether oxygens (including phenoxy) is 1. The Labute approximate surface area is 142 Å². The van der Waals surface area contributed by atoms with E-state index in [2.05, 4.69) is 36.9 Å². The molecule has 0 radical (unpaired) electrons. The number of fused-ring (bicyclic) bond motifs is 1. The molecule has 126 valence electrons. The molecule has 2 atom stereocenters. The quantitative estimate of drug-likeness (QED) is 0.857. The van der Waals surface area contributed by atoms with Crippen LogP contribution in [0.3, 0.4) is 0 Å². The smallest absolute Gasteiger partial charge is 0.218 e. The van der Waals surface area contributed by atoms with Gasteiger partial charge in [-0.3, -0.25) is 9.88 Å². The van der Waals surface area contributed by atoms with Crippen molar-refractivity contribution in [3.8, 4) is 5.88 Å². The van der Waals surface area contributed by atoms with Gasteiger partial charge in [0, 0.05) is 37.9 Å². The van der Waals surface area contributed by atoms with Gasteiger partial charge in [0.1, 0.15) is 12.1 Å². The molecule has 0 bridgehead atoms. The zero-order valence-corrected chi connectivity index (χ0v) is 14.0. The number of aromatic nitrogens is 3. The molecular formula is C18H23N5O. The van der Waals surface area contributed by atoms with Crippen molar-refractivity contribution < 1.29 is 4.74 Å². The second-order valence-corrected chi connectivity index (χ2v) is 6.56. The second kappa shape index (κ2) is 6.73. The summed E-state index contributed by atoms with van der Waals surface area (Å²) >= 11 is 0. The van der Waals surface area contributed by atoms with Gasteiger partial charge in [-0.1, -0.05) is 6.07 Å². The van der Waals surface area contributed by atoms with Crippen LogP contribution in [0.1, 0.15) is 18.5 Å². The number of pyridine rings is 1. The molecule has 0 aliphatic carbocycles. The first-order valence-corrected chi connectivity index (χ1v) is 8.58. The molecule has 4 rings (SSSR count). The topological polar surface area (TPSA) is 54.4 Å². The maximum absolute atomic E-state index is 5.24. The fraction of sp³-hybridized carbons (Fsp3) is 0.500. The van der Waals surface area contributed by atoms with Crippen LogP contribution in [0.4, 0.5) is 5.82 Å². The Morgan fingerprint density at radius 1 is 1.17 bits per heavy atom. The Bertz CT molecular complexity index is 680.